The number of Topliss-reactive ketones (excluding diaryl/α,β-unsaturated/α-hetero) is 1. The van der Waals surface area contributed by atoms with Gasteiger partial charge in [0.15, 0.2) is 5.78 Å². The van der Waals surface area contributed by atoms with Crippen LogP contribution in [0.25, 0.3) is 0 Å². The van der Waals surface area contributed by atoms with Gasteiger partial charge in [0, 0.05) is 29.6 Å². The lowest BCUT2D eigenvalue weighted by Crippen LogP contribution is -2.09. The van der Waals surface area contributed by atoms with Crippen LogP contribution in [0.3, 0.4) is 0 Å². The molecule has 0 aliphatic rings. The predicted molar refractivity (Wildman–Crippen MR) is 82.7 cm³/mol. The van der Waals surface area contributed by atoms with E-state index >= 15 is 0 Å². The monoisotopic (exact) mass is 287 g/mol. The Morgan fingerprint density at radius 1 is 1.43 bits per heavy atom. The van der Waals surface area contributed by atoms with Crippen LogP contribution in [-0.4, -0.2) is 22.7 Å². The Hall–Kier alpha value is -2.30. The molecule has 2 aromatic rings. The minimum Gasteiger partial charge on any atom is -0.497 e. The van der Waals surface area contributed by atoms with Crippen molar-refractivity contribution in [2.75, 3.05) is 12.8 Å². The van der Waals surface area contributed by atoms with Crippen molar-refractivity contribution in [2.24, 2.45) is 0 Å². The van der Waals surface area contributed by atoms with Crippen LogP contribution in [0.4, 0.5) is 5.69 Å². The maximum absolute atomic E-state index is 12.3. The van der Waals surface area contributed by atoms with Gasteiger partial charge in [-0.3, -0.25) is 9.48 Å². The van der Waals surface area contributed by atoms with Crippen LogP contribution in [0.1, 0.15) is 42.4 Å². The van der Waals surface area contributed by atoms with Gasteiger partial charge in [-0.05, 0) is 31.5 Å². The molecule has 0 fully saturated rings. The molecule has 1 aromatic carbocycles. The number of hydrogen-bond acceptors (Lipinski definition) is 4. The molecule has 0 saturated carbocycles. The van der Waals surface area contributed by atoms with Crippen LogP contribution in [0.5, 0.6) is 5.75 Å². The van der Waals surface area contributed by atoms with Gasteiger partial charge in [-0.15, -0.1) is 0 Å². The van der Waals surface area contributed by atoms with Crippen LogP contribution in [0, 0.1) is 0 Å². The summed E-state index contributed by atoms with van der Waals surface area (Å²) in [6.07, 6.45) is 3.16. The second-order valence-corrected chi connectivity index (χ2v) is 5.10. The molecule has 0 saturated heterocycles. The molecule has 1 atom stereocenters. The van der Waals surface area contributed by atoms with Crippen LogP contribution in [0.2, 0.25) is 0 Å². The summed E-state index contributed by atoms with van der Waals surface area (Å²) in [5.41, 5.74) is 7.60. The van der Waals surface area contributed by atoms with E-state index in [0.29, 0.717) is 23.0 Å². The zero-order chi connectivity index (χ0) is 15.4. The van der Waals surface area contributed by atoms with Gasteiger partial charge >= 0.3 is 0 Å². The minimum atomic E-state index is -0.0374. The van der Waals surface area contributed by atoms with Crippen molar-refractivity contribution in [2.45, 2.75) is 32.7 Å². The van der Waals surface area contributed by atoms with Crippen molar-refractivity contribution < 1.29 is 9.53 Å². The van der Waals surface area contributed by atoms with E-state index in [0.717, 1.165) is 12.1 Å². The van der Waals surface area contributed by atoms with E-state index in [1.807, 2.05) is 16.9 Å². The summed E-state index contributed by atoms with van der Waals surface area (Å²) in [6, 6.07) is 7.30. The summed E-state index contributed by atoms with van der Waals surface area (Å²) < 4.78 is 6.97. The van der Waals surface area contributed by atoms with Gasteiger partial charge in [-0.2, -0.15) is 5.10 Å². The van der Waals surface area contributed by atoms with Crippen LogP contribution < -0.4 is 10.5 Å². The fourth-order valence-electron chi connectivity index (χ4n) is 2.09. The number of anilines is 1. The highest BCUT2D eigenvalue weighted by molar-refractivity contribution is 6.01. The molecule has 21 heavy (non-hydrogen) atoms. The number of ether oxygens (including phenoxy) is 1. The van der Waals surface area contributed by atoms with Gasteiger partial charge in [0.05, 0.1) is 19.2 Å². The number of hydrogen-bond donors (Lipinski definition) is 1. The second kappa shape index (κ2) is 6.43. The summed E-state index contributed by atoms with van der Waals surface area (Å²) >= 11 is 0. The standard InChI is InChI=1S/C16H21N3O2/c1-4-11(2)19-8-7-12(18-19)9-16(20)14-6-5-13(21-3)10-15(14)17/h5-8,10-11H,4,9,17H2,1-3H3. The highest BCUT2D eigenvalue weighted by Crippen LogP contribution is 2.21. The zero-order valence-corrected chi connectivity index (χ0v) is 12.7. The van der Waals surface area contributed by atoms with E-state index in [-0.39, 0.29) is 12.2 Å². The Bertz CT molecular complexity index is 634. The normalized spacial score (nSPS) is 12.1. The van der Waals surface area contributed by atoms with Crippen LogP contribution in [-0.2, 0) is 6.42 Å². The zero-order valence-electron chi connectivity index (χ0n) is 12.7. The highest BCUT2D eigenvalue weighted by atomic mass is 16.5. The van der Waals surface area contributed by atoms with Crippen molar-refractivity contribution >= 4 is 11.5 Å². The number of ketones is 1. The predicted octanol–water partition coefficient (Wildman–Crippen LogP) is 2.87. The first-order valence-corrected chi connectivity index (χ1v) is 7.06. The lowest BCUT2D eigenvalue weighted by molar-refractivity contribution is 0.0992. The first-order valence-electron chi connectivity index (χ1n) is 7.06. The fourth-order valence-corrected chi connectivity index (χ4v) is 2.09. The molecule has 0 amide bonds. The van der Waals surface area contributed by atoms with E-state index in [1.165, 1.54) is 0 Å². The minimum absolute atomic E-state index is 0.0374. The largest absolute Gasteiger partial charge is 0.497 e. The molecular formula is C16H21N3O2. The molecule has 5 heteroatoms. The summed E-state index contributed by atoms with van der Waals surface area (Å²) in [7, 11) is 1.57. The van der Waals surface area contributed by atoms with Gasteiger partial charge in [0.1, 0.15) is 5.75 Å². The smallest absolute Gasteiger partial charge is 0.170 e. The average molecular weight is 287 g/mol. The Balaban J connectivity index is 2.12. The number of nitrogens with two attached hydrogens (primary N) is 1. The first-order chi connectivity index (χ1) is 10.0. The van der Waals surface area contributed by atoms with Gasteiger partial charge in [0.25, 0.3) is 0 Å². The Labute approximate surface area is 124 Å². The maximum Gasteiger partial charge on any atom is 0.170 e. The lowest BCUT2D eigenvalue weighted by atomic mass is 10.0. The molecule has 0 radical (unpaired) electrons. The molecule has 2 rings (SSSR count). The molecule has 2 N–H and O–H groups in total. The summed E-state index contributed by atoms with van der Waals surface area (Å²) in [6.45, 7) is 4.20. The van der Waals surface area contributed by atoms with E-state index < -0.39 is 0 Å². The molecule has 112 valence electrons. The number of rotatable bonds is 6. The van der Waals surface area contributed by atoms with Gasteiger partial charge in [-0.25, -0.2) is 0 Å². The second-order valence-electron chi connectivity index (χ2n) is 5.10. The van der Waals surface area contributed by atoms with Gasteiger partial charge < -0.3 is 10.5 Å². The van der Waals surface area contributed by atoms with E-state index in [1.54, 1.807) is 25.3 Å². The van der Waals surface area contributed by atoms with Crippen LogP contribution >= 0.6 is 0 Å². The first kappa shape index (κ1) is 15.1. The number of carbonyl (C=O) groups is 1. The Kier molecular flexibility index (Phi) is 4.62. The summed E-state index contributed by atoms with van der Waals surface area (Å²) in [5, 5.41) is 4.44. The van der Waals surface area contributed by atoms with E-state index in [4.69, 9.17) is 10.5 Å². The SMILES string of the molecule is CCC(C)n1ccc(CC(=O)c2ccc(OC)cc2N)n1. The molecule has 1 unspecified atom stereocenters. The third-order valence-corrected chi connectivity index (χ3v) is 3.61. The van der Waals surface area contributed by atoms with Gasteiger partial charge in [-0.1, -0.05) is 6.92 Å². The molecule has 5 nitrogen and oxygen atoms in total. The maximum atomic E-state index is 12.3. The molecule has 0 bridgehead atoms. The third-order valence-electron chi connectivity index (χ3n) is 3.61. The number of nitrogens with zero attached hydrogens (tertiary/aromatic N) is 2. The van der Waals surface area contributed by atoms with Crippen molar-refractivity contribution in [3.63, 3.8) is 0 Å². The van der Waals surface area contributed by atoms with Crippen LogP contribution in [0.15, 0.2) is 30.5 Å². The summed E-state index contributed by atoms with van der Waals surface area (Å²) in [4.78, 5) is 12.3. The quantitative estimate of drug-likeness (QED) is 0.655. The topological polar surface area (TPSA) is 70.1 Å². The van der Waals surface area contributed by atoms with E-state index in [2.05, 4.69) is 18.9 Å². The summed E-state index contributed by atoms with van der Waals surface area (Å²) in [5.74, 6) is 0.606. The molecule has 0 aliphatic carbocycles. The number of carbonyl (C=O) groups excluding carboxylic acids is 1. The molecule has 1 heterocycles. The van der Waals surface area contributed by atoms with E-state index in [9.17, 15) is 4.79 Å². The van der Waals surface area contributed by atoms with Crippen molar-refractivity contribution in [3.05, 3.63) is 41.7 Å². The highest BCUT2D eigenvalue weighted by Gasteiger charge is 2.14. The third kappa shape index (κ3) is 3.42. The number of benzene rings is 1. The number of aromatic nitrogens is 2. The van der Waals surface area contributed by atoms with Gasteiger partial charge in [0.2, 0.25) is 0 Å². The van der Waals surface area contributed by atoms with Crippen molar-refractivity contribution in [1.82, 2.24) is 9.78 Å². The molecule has 1 aromatic heterocycles. The molecule has 0 spiro atoms. The van der Waals surface area contributed by atoms with Crippen molar-refractivity contribution in [3.8, 4) is 5.75 Å². The number of nitrogen functional groups attached to an aromatic ring is 1. The molecule has 0 aliphatic heterocycles. The average Bonchev–Trinajstić information content (AvgIpc) is 2.94. The van der Waals surface area contributed by atoms with Crippen molar-refractivity contribution in [1.29, 1.82) is 0 Å². The Morgan fingerprint density at radius 2 is 2.19 bits per heavy atom. The Morgan fingerprint density at radius 3 is 2.81 bits per heavy atom. The fraction of sp³-hybridized carbons (Fsp3) is 0.375. The number of methoxy groups -OCH3 is 1. The lowest BCUT2D eigenvalue weighted by Gasteiger charge is -2.08. The molecular weight excluding hydrogens is 266 g/mol.